The second-order valence-electron chi connectivity index (χ2n) is 5.35. The Morgan fingerprint density at radius 3 is 2.62 bits per heavy atom. The Hall–Kier alpha value is -2.30. The summed E-state index contributed by atoms with van der Waals surface area (Å²) in [6.07, 6.45) is 1.80. The van der Waals surface area contributed by atoms with E-state index in [1.54, 1.807) is 25.2 Å². The van der Waals surface area contributed by atoms with Crippen LogP contribution in [0.2, 0.25) is 0 Å². The fourth-order valence-corrected chi connectivity index (χ4v) is 2.30. The molecule has 0 saturated carbocycles. The normalized spacial score (nSPS) is 10.7. The monoisotopic (exact) mass is 286 g/mol. The lowest BCUT2D eigenvalue weighted by molar-refractivity contribution is -0.127. The van der Waals surface area contributed by atoms with Gasteiger partial charge in [-0.05, 0) is 32.0 Å². The largest absolute Gasteiger partial charge is 0.398 e. The van der Waals surface area contributed by atoms with Crippen LogP contribution in [0.1, 0.15) is 12.6 Å². The highest BCUT2D eigenvalue weighted by Crippen LogP contribution is 2.31. The predicted molar refractivity (Wildman–Crippen MR) is 87.5 cm³/mol. The number of hydrogen-bond acceptors (Lipinski definition) is 4. The van der Waals surface area contributed by atoms with E-state index in [2.05, 4.69) is 9.88 Å². The van der Waals surface area contributed by atoms with Crippen molar-refractivity contribution >= 4 is 28.1 Å². The highest BCUT2D eigenvalue weighted by atomic mass is 16.2. The number of anilines is 2. The lowest BCUT2D eigenvalue weighted by Gasteiger charge is -2.26. The summed E-state index contributed by atoms with van der Waals surface area (Å²) >= 11 is 0. The molecule has 2 N–H and O–H groups in total. The van der Waals surface area contributed by atoms with Gasteiger partial charge in [0.1, 0.15) is 0 Å². The van der Waals surface area contributed by atoms with Crippen molar-refractivity contribution in [1.29, 1.82) is 0 Å². The van der Waals surface area contributed by atoms with Crippen LogP contribution in [0, 0.1) is 6.92 Å². The zero-order valence-electron chi connectivity index (χ0n) is 13.1. The molecule has 21 heavy (non-hydrogen) atoms. The predicted octanol–water partition coefficient (Wildman–Crippen LogP) is 2.04. The molecule has 0 bridgehead atoms. The van der Waals surface area contributed by atoms with Gasteiger partial charge in [-0.15, -0.1) is 0 Å². The number of aryl methyl sites for hydroxylation is 1. The van der Waals surface area contributed by atoms with Crippen molar-refractivity contribution in [2.45, 2.75) is 13.8 Å². The molecule has 2 aromatic rings. The van der Waals surface area contributed by atoms with Crippen LogP contribution >= 0.6 is 0 Å². The van der Waals surface area contributed by atoms with Gasteiger partial charge in [-0.2, -0.15) is 0 Å². The number of carbonyl (C=O) groups excluding carboxylic acids is 1. The van der Waals surface area contributed by atoms with E-state index in [1.807, 2.05) is 32.0 Å². The van der Waals surface area contributed by atoms with Gasteiger partial charge in [0.05, 0.1) is 6.54 Å². The Labute approximate surface area is 125 Å². The molecule has 5 nitrogen and oxygen atoms in total. The third kappa shape index (κ3) is 3.07. The Morgan fingerprint density at radius 2 is 2.00 bits per heavy atom. The molecule has 0 aliphatic heterocycles. The summed E-state index contributed by atoms with van der Waals surface area (Å²) in [5, 5.41) is 1.96. The molecule has 5 heteroatoms. The number of rotatable bonds is 4. The molecular formula is C16H22N4O. The van der Waals surface area contributed by atoms with E-state index < -0.39 is 0 Å². The van der Waals surface area contributed by atoms with Gasteiger partial charge < -0.3 is 15.5 Å². The smallest absolute Gasteiger partial charge is 0.241 e. The Kier molecular flexibility index (Phi) is 4.31. The fourth-order valence-electron chi connectivity index (χ4n) is 2.30. The number of likely N-dealkylation sites (N-methyl/N-ethyl adjacent to an activating group) is 2. The van der Waals surface area contributed by atoms with Crippen LogP contribution in [0.15, 0.2) is 24.4 Å². The lowest BCUT2D eigenvalue weighted by Crippen LogP contribution is -2.36. The van der Waals surface area contributed by atoms with Gasteiger partial charge in [-0.3, -0.25) is 9.78 Å². The molecule has 0 radical (unpaired) electrons. The second kappa shape index (κ2) is 5.99. The molecule has 1 aromatic heterocycles. The highest BCUT2D eigenvalue weighted by molar-refractivity contribution is 6.01. The number of benzene rings is 1. The van der Waals surface area contributed by atoms with Crippen molar-refractivity contribution in [2.75, 3.05) is 37.8 Å². The SMILES string of the molecule is CCN(CC(=O)N(C)C)c1ccc(N)c2cnc(C)cc12. The molecule has 0 spiro atoms. The Morgan fingerprint density at radius 1 is 1.29 bits per heavy atom. The zero-order valence-corrected chi connectivity index (χ0v) is 13.1. The first-order chi connectivity index (χ1) is 9.93. The minimum Gasteiger partial charge on any atom is -0.398 e. The number of fused-ring (bicyclic) bond motifs is 1. The summed E-state index contributed by atoms with van der Waals surface area (Å²) in [5.74, 6) is 0.0765. The topological polar surface area (TPSA) is 62.5 Å². The van der Waals surface area contributed by atoms with Crippen LogP contribution in [-0.2, 0) is 4.79 Å². The maximum absolute atomic E-state index is 12.0. The maximum Gasteiger partial charge on any atom is 0.241 e. The van der Waals surface area contributed by atoms with Crippen LogP contribution in [0.25, 0.3) is 10.8 Å². The lowest BCUT2D eigenvalue weighted by atomic mass is 10.1. The van der Waals surface area contributed by atoms with Crippen molar-refractivity contribution in [3.8, 4) is 0 Å². The van der Waals surface area contributed by atoms with Gasteiger partial charge in [-0.1, -0.05) is 0 Å². The molecule has 0 saturated heterocycles. The summed E-state index contributed by atoms with van der Waals surface area (Å²) in [4.78, 5) is 20.0. The third-order valence-electron chi connectivity index (χ3n) is 3.60. The van der Waals surface area contributed by atoms with Crippen LogP contribution in [0.3, 0.4) is 0 Å². The number of nitrogen functional groups attached to an aromatic ring is 1. The van der Waals surface area contributed by atoms with Gasteiger partial charge in [0.25, 0.3) is 0 Å². The van der Waals surface area contributed by atoms with Crippen LogP contribution in [-0.4, -0.2) is 43.0 Å². The number of nitrogens with zero attached hydrogens (tertiary/aromatic N) is 3. The molecule has 0 aliphatic rings. The summed E-state index contributed by atoms with van der Waals surface area (Å²) < 4.78 is 0. The molecular weight excluding hydrogens is 264 g/mol. The van der Waals surface area contributed by atoms with Crippen molar-refractivity contribution in [2.24, 2.45) is 0 Å². The quantitative estimate of drug-likeness (QED) is 0.874. The number of carbonyl (C=O) groups is 1. The molecule has 1 aromatic carbocycles. The Bertz CT molecular complexity index is 667. The van der Waals surface area contributed by atoms with E-state index in [0.717, 1.165) is 28.7 Å². The van der Waals surface area contributed by atoms with E-state index in [0.29, 0.717) is 12.2 Å². The molecule has 0 fully saturated rings. The van der Waals surface area contributed by atoms with Crippen LogP contribution < -0.4 is 10.6 Å². The van der Waals surface area contributed by atoms with E-state index in [1.165, 1.54) is 0 Å². The standard InChI is InChI=1S/C16H22N4O/c1-5-20(10-16(21)19(3)4)15-7-6-14(17)13-9-18-11(2)8-12(13)15/h6-9H,5,10,17H2,1-4H3. The summed E-state index contributed by atoms with van der Waals surface area (Å²) in [6.45, 7) is 5.09. The zero-order chi connectivity index (χ0) is 15.6. The van der Waals surface area contributed by atoms with Crippen molar-refractivity contribution in [1.82, 2.24) is 9.88 Å². The van der Waals surface area contributed by atoms with Crippen LogP contribution in [0.5, 0.6) is 0 Å². The number of hydrogen-bond donors (Lipinski definition) is 1. The minimum atomic E-state index is 0.0765. The number of amides is 1. The van der Waals surface area contributed by atoms with E-state index in [-0.39, 0.29) is 5.91 Å². The summed E-state index contributed by atoms with van der Waals surface area (Å²) in [7, 11) is 3.54. The number of pyridine rings is 1. The Balaban J connectivity index is 2.51. The van der Waals surface area contributed by atoms with E-state index in [4.69, 9.17) is 5.73 Å². The van der Waals surface area contributed by atoms with E-state index in [9.17, 15) is 4.79 Å². The van der Waals surface area contributed by atoms with Gasteiger partial charge >= 0.3 is 0 Å². The first kappa shape index (κ1) is 15.1. The van der Waals surface area contributed by atoms with Crippen molar-refractivity contribution in [3.05, 3.63) is 30.1 Å². The molecule has 0 atom stereocenters. The van der Waals surface area contributed by atoms with Gasteiger partial charge in [0, 0.05) is 54.7 Å². The molecule has 1 heterocycles. The number of nitrogens with two attached hydrogens (primary N) is 1. The fraction of sp³-hybridized carbons (Fsp3) is 0.375. The first-order valence-electron chi connectivity index (χ1n) is 7.04. The summed E-state index contributed by atoms with van der Waals surface area (Å²) in [5.41, 5.74) is 8.69. The molecule has 2 rings (SSSR count). The van der Waals surface area contributed by atoms with E-state index >= 15 is 0 Å². The molecule has 0 aliphatic carbocycles. The molecule has 0 unspecified atom stereocenters. The first-order valence-corrected chi connectivity index (χ1v) is 7.04. The summed E-state index contributed by atoms with van der Waals surface area (Å²) in [6, 6.07) is 5.87. The molecule has 1 amide bonds. The highest BCUT2D eigenvalue weighted by Gasteiger charge is 2.15. The van der Waals surface area contributed by atoms with Gasteiger partial charge in [-0.25, -0.2) is 0 Å². The van der Waals surface area contributed by atoms with Crippen molar-refractivity contribution < 1.29 is 4.79 Å². The average molecular weight is 286 g/mol. The van der Waals surface area contributed by atoms with Gasteiger partial charge in [0.2, 0.25) is 5.91 Å². The maximum atomic E-state index is 12.0. The van der Waals surface area contributed by atoms with Crippen LogP contribution in [0.4, 0.5) is 11.4 Å². The minimum absolute atomic E-state index is 0.0765. The van der Waals surface area contributed by atoms with Crippen molar-refractivity contribution in [3.63, 3.8) is 0 Å². The second-order valence-corrected chi connectivity index (χ2v) is 5.35. The molecule has 112 valence electrons. The third-order valence-corrected chi connectivity index (χ3v) is 3.60. The average Bonchev–Trinajstić information content (AvgIpc) is 2.45. The van der Waals surface area contributed by atoms with Gasteiger partial charge in [0.15, 0.2) is 0 Å². The number of aromatic nitrogens is 1.